The summed E-state index contributed by atoms with van der Waals surface area (Å²) >= 11 is 0. The van der Waals surface area contributed by atoms with E-state index >= 15 is 0 Å². The molecule has 1 aliphatic heterocycles. The van der Waals surface area contributed by atoms with Crippen LogP contribution in [-0.2, 0) is 10.2 Å². The Hall–Kier alpha value is -0.913. The van der Waals surface area contributed by atoms with Gasteiger partial charge >= 0.3 is 24.8 Å². The van der Waals surface area contributed by atoms with Crippen LogP contribution < -0.4 is 23.8 Å². The van der Waals surface area contributed by atoms with Crippen molar-refractivity contribution in [2.45, 2.75) is 58.3 Å². The van der Waals surface area contributed by atoms with Crippen LogP contribution in [0, 0.1) is 5.92 Å². The molecule has 1 saturated heterocycles. The van der Waals surface area contributed by atoms with Gasteiger partial charge in [0.15, 0.2) is 0 Å². The van der Waals surface area contributed by atoms with Crippen LogP contribution in [0.25, 0.3) is 0 Å². The number of piperidine rings is 1. The van der Waals surface area contributed by atoms with Gasteiger partial charge in [0.25, 0.3) is 0 Å². The molecule has 3 nitrogen and oxygen atoms in total. The first-order chi connectivity index (χ1) is 10.4. The fourth-order valence-corrected chi connectivity index (χ4v) is 3.19. The monoisotopic (exact) mass is 311 g/mol. The molecule has 1 aliphatic rings. The Bertz CT molecular complexity index is 491. The zero-order valence-electron chi connectivity index (χ0n) is 16.1. The van der Waals surface area contributed by atoms with Crippen molar-refractivity contribution in [1.82, 2.24) is 0 Å². The van der Waals surface area contributed by atoms with Crippen molar-refractivity contribution in [3.8, 4) is 0 Å². The van der Waals surface area contributed by atoms with Crippen molar-refractivity contribution in [1.29, 1.82) is 0 Å². The fourth-order valence-electron chi connectivity index (χ4n) is 3.19. The van der Waals surface area contributed by atoms with Gasteiger partial charge in [0.1, 0.15) is 0 Å². The first-order valence-corrected chi connectivity index (χ1v) is 8.43. The number of hydrogen-bond acceptors (Lipinski definition) is 2. The molecule has 0 saturated carbocycles. The predicted molar refractivity (Wildman–Crippen MR) is 92.7 cm³/mol. The number of aliphatic carboxylic acids is 1. The normalized spacial score (nSPS) is 16.0. The van der Waals surface area contributed by atoms with Crippen molar-refractivity contribution in [3.05, 3.63) is 29.8 Å². The Morgan fingerprint density at radius 1 is 1.22 bits per heavy atom. The molecule has 1 fully saturated rings. The second-order valence-electron chi connectivity index (χ2n) is 7.51. The van der Waals surface area contributed by atoms with Gasteiger partial charge in [-0.15, -0.1) is 0 Å². The Morgan fingerprint density at radius 3 is 2.26 bits per heavy atom. The quantitative estimate of drug-likeness (QED) is 0.839. The van der Waals surface area contributed by atoms with E-state index in [0.717, 1.165) is 25.9 Å². The van der Waals surface area contributed by atoms with Crippen LogP contribution in [0.3, 0.4) is 0 Å². The summed E-state index contributed by atoms with van der Waals surface area (Å²) in [4.78, 5) is 13.0. The molecule has 0 unspecified atom stereocenters. The van der Waals surface area contributed by atoms with Gasteiger partial charge in [-0.3, -0.25) is 4.79 Å². The Labute approximate surface area is 154 Å². The van der Waals surface area contributed by atoms with E-state index in [1.807, 2.05) is 0 Å². The van der Waals surface area contributed by atoms with Gasteiger partial charge in [0, 0.05) is 25.2 Å². The number of benzene rings is 1. The van der Waals surface area contributed by atoms with Crippen LogP contribution in [0.2, 0.25) is 0 Å². The van der Waals surface area contributed by atoms with E-state index in [1.54, 1.807) is 0 Å². The third-order valence-electron chi connectivity index (χ3n) is 4.72. The average Bonchev–Trinajstić information content (AvgIpc) is 2.47. The van der Waals surface area contributed by atoms with Crippen molar-refractivity contribution >= 4 is 11.7 Å². The number of anilines is 1. The molecule has 2 rings (SSSR count). The van der Waals surface area contributed by atoms with Gasteiger partial charge in [-0.25, -0.2) is 0 Å². The molecule has 0 spiro atoms. The summed E-state index contributed by atoms with van der Waals surface area (Å²) in [6, 6.07) is 8.97. The van der Waals surface area contributed by atoms with Gasteiger partial charge in [-0.1, -0.05) is 32.9 Å². The van der Waals surface area contributed by atoms with Crippen molar-refractivity contribution < 1.29 is 30.2 Å². The van der Waals surface area contributed by atoms with E-state index in [9.17, 15) is 4.79 Å². The van der Waals surface area contributed by atoms with E-state index in [2.05, 4.69) is 49.9 Å². The van der Waals surface area contributed by atoms with E-state index in [4.69, 9.17) is 5.11 Å². The summed E-state index contributed by atoms with van der Waals surface area (Å²) in [6.07, 6.45) is 4.55. The van der Waals surface area contributed by atoms with E-state index in [1.165, 1.54) is 24.1 Å². The van der Waals surface area contributed by atoms with E-state index in [0.29, 0.717) is 12.3 Å². The molecule has 1 aromatic rings. The standard InChI is InChI=1S/C19H29NO2.Li.H/c1-19(2,3)16-7-9-17(10-8-16)20-13-11-15(12-14-20)5-4-6-18(21)22;;/h7-10,15H,4-6,11-14H2,1-3H3,(H,21,22);;/q;+1;-1. The molecule has 1 heterocycles. The van der Waals surface area contributed by atoms with Gasteiger partial charge in [0.05, 0.1) is 0 Å². The summed E-state index contributed by atoms with van der Waals surface area (Å²) in [5.74, 6) is 0.0285. The first kappa shape index (κ1) is 20.1. The number of hydrogen-bond donors (Lipinski definition) is 1. The minimum absolute atomic E-state index is 0. The van der Waals surface area contributed by atoms with Gasteiger partial charge in [-0.05, 0) is 54.7 Å². The molecule has 23 heavy (non-hydrogen) atoms. The zero-order chi connectivity index (χ0) is 16.2. The molecule has 0 bridgehead atoms. The number of carboxylic acids is 1. The minimum atomic E-state index is -0.670. The van der Waals surface area contributed by atoms with Crippen LogP contribution in [0.1, 0.15) is 59.9 Å². The summed E-state index contributed by atoms with van der Waals surface area (Å²) in [5, 5.41) is 8.70. The van der Waals surface area contributed by atoms with Crippen LogP contribution >= 0.6 is 0 Å². The first-order valence-electron chi connectivity index (χ1n) is 8.43. The van der Waals surface area contributed by atoms with Crippen LogP contribution in [0.15, 0.2) is 24.3 Å². The molecule has 0 aromatic heterocycles. The SMILES string of the molecule is CC(C)(C)c1ccc(N2CCC(CCCC(=O)O)CC2)cc1.[H-].[Li+]. The molecule has 0 atom stereocenters. The van der Waals surface area contributed by atoms with Crippen molar-refractivity contribution in [2.75, 3.05) is 18.0 Å². The molecule has 4 heteroatoms. The van der Waals surface area contributed by atoms with E-state index < -0.39 is 5.97 Å². The van der Waals surface area contributed by atoms with Crippen LogP contribution in [-0.4, -0.2) is 24.2 Å². The van der Waals surface area contributed by atoms with Crippen molar-refractivity contribution in [3.63, 3.8) is 0 Å². The summed E-state index contributed by atoms with van der Waals surface area (Å²) in [6.45, 7) is 8.90. The molecule has 0 radical (unpaired) electrons. The summed E-state index contributed by atoms with van der Waals surface area (Å²) in [7, 11) is 0. The Kier molecular flexibility index (Phi) is 7.71. The number of carboxylic acid groups (broad SMARTS) is 1. The molecule has 124 valence electrons. The largest absolute Gasteiger partial charge is 1.00 e. The molecule has 0 aliphatic carbocycles. The van der Waals surface area contributed by atoms with Crippen LogP contribution in [0.4, 0.5) is 5.69 Å². The fraction of sp³-hybridized carbons (Fsp3) is 0.632. The van der Waals surface area contributed by atoms with Crippen LogP contribution in [0.5, 0.6) is 0 Å². The maximum absolute atomic E-state index is 10.6. The summed E-state index contributed by atoms with van der Waals surface area (Å²) < 4.78 is 0. The van der Waals surface area contributed by atoms with Gasteiger partial charge in [-0.2, -0.15) is 0 Å². The molecule has 0 amide bonds. The smallest absolute Gasteiger partial charge is 1.00 e. The minimum Gasteiger partial charge on any atom is -1.00 e. The number of nitrogens with zero attached hydrogens (tertiary/aromatic N) is 1. The van der Waals surface area contributed by atoms with Gasteiger partial charge in [0.2, 0.25) is 0 Å². The second kappa shape index (κ2) is 8.80. The van der Waals surface area contributed by atoms with E-state index in [-0.39, 0.29) is 25.7 Å². The Balaban J connectivity index is 0.00000264. The summed E-state index contributed by atoms with van der Waals surface area (Å²) in [5.41, 5.74) is 2.90. The molecular weight excluding hydrogens is 281 g/mol. The topological polar surface area (TPSA) is 40.5 Å². The number of carbonyl (C=O) groups is 1. The van der Waals surface area contributed by atoms with Gasteiger partial charge < -0.3 is 11.4 Å². The predicted octanol–water partition coefficient (Wildman–Crippen LogP) is 1.57. The maximum atomic E-state index is 10.6. The maximum Gasteiger partial charge on any atom is 1.00 e. The third kappa shape index (κ3) is 6.24. The molecular formula is C19H30LiNO2. The molecule has 1 N–H and O–H groups in total. The zero-order valence-corrected chi connectivity index (χ0v) is 15.1. The Morgan fingerprint density at radius 2 is 1.78 bits per heavy atom. The second-order valence-corrected chi connectivity index (χ2v) is 7.51. The van der Waals surface area contributed by atoms with Crippen molar-refractivity contribution in [2.24, 2.45) is 5.92 Å². The third-order valence-corrected chi connectivity index (χ3v) is 4.72. The average molecular weight is 311 g/mol. The number of rotatable bonds is 5. The molecule has 1 aromatic carbocycles.